The Hall–Kier alpha value is -1.22. The average molecular weight is 293 g/mol. The van der Waals surface area contributed by atoms with Gasteiger partial charge in [-0.3, -0.25) is 0 Å². The molecule has 0 saturated heterocycles. The van der Waals surface area contributed by atoms with Crippen LogP contribution >= 0.6 is 0 Å². The van der Waals surface area contributed by atoms with Crippen molar-refractivity contribution in [1.82, 2.24) is 5.32 Å². The van der Waals surface area contributed by atoms with Crippen molar-refractivity contribution < 1.29 is 9.47 Å². The first kappa shape index (κ1) is 17.8. The molecule has 0 spiro atoms. The fourth-order valence-electron chi connectivity index (χ4n) is 2.46. The van der Waals surface area contributed by atoms with Crippen LogP contribution < -0.4 is 14.8 Å². The van der Waals surface area contributed by atoms with E-state index in [1.807, 2.05) is 19.9 Å². The van der Waals surface area contributed by atoms with Gasteiger partial charge in [0.2, 0.25) is 0 Å². The van der Waals surface area contributed by atoms with Gasteiger partial charge in [-0.05, 0) is 49.9 Å². The zero-order valence-electron chi connectivity index (χ0n) is 14.5. The molecular weight excluding hydrogens is 262 g/mol. The molecule has 120 valence electrons. The molecule has 3 nitrogen and oxygen atoms in total. The van der Waals surface area contributed by atoms with Crippen LogP contribution in [0.5, 0.6) is 11.5 Å². The molecule has 1 atom stereocenters. The highest BCUT2D eigenvalue weighted by molar-refractivity contribution is 5.44. The lowest BCUT2D eigenvalue weighted by Gasteiger charge is -2.32. The first-order valence-corrected chi connectivity index (χ1v) is 8.06. The van der Waals surface area contributed by atoms with Crippen molar-refractivity contribution in [3.63, 3.8) is 0 Å². The van der Waals surface area contributed by atoms with Gasteiger partial charge in [0.25, 0.3) is 0 Å². The highest BCUT2D eigenvalue weighted by Crippen LogP contribution is 2.37. The van der Waals surface area contributed by atoms with Gasteiger partial charge < -0.3 is 14.8 Å². The van der Waals surface area contributed by atoms with Gasteiger partial charge in [-0.15, -0.1) is 0 Å². The maximum absolute atomic E-state index is 5.74. The Morgan fingerprint density at radius 3 is 2.14 bits per heavy atom. The molecule has 3 heteroatoms. The largest absolute Gasteiger partial charge is 0.490 e. The maximum Gasteiger partial charge on any atom is 0.161 e. The van der Waals surface area contributed by atoms with E-state index >= 15 is 0 Å². The zero-order chi connectivity index (χ0) is 15.9. The monoisotopic (exact) mass is 293 g/mol. The van der Waals surface area contributed by atoms with E-state index in [0.29, 0.717) is 19.3 Å². The van der Waals surface area contributed by atoms with Crippen LogP contribution in [0.1, 0.15) is 59.6 Å². The van der Waals surface area contributed by atoms with E-state index in [1.54, 1.807) is 0 Å². The highest BCUT2D eigenvalue weighted by atomic mass is 16.5. The third-order valence-electron chi connectivity index (χ3n) is 3.37. The van der Waals surface area contributed by atoms with E-state index in [4.69, 9.17) is 9.47 Å². The molecule has 0 heterocycles. The lowest BCUT2D eigenvalue weighted by Crippen LogP contribution is -2.32. The van der Waals surface area contributed by atoms with Crippen LogP contribution in [0.2, 0.25) is 0 Å². The third kappa shape index (κ3) is 5.24. The summed E-state index contributed by atoms with van der Waals surface area (Å²) in [5.41, 5.74) is 1.40. The molecule has 0 bridgehead atoms. The minimum atomic E-state index is 0.145. The molecule has 0 amide bonds. The third-order valence-corrected chi connectivity index (χ3v) is 3.37. The lowest BCUT2D eigenvalue weighted by molar-refractivity contribution is 0.267. The van der Waals surface area contributed by atoms with Crippen LogP contribution in [0.25, 0.3) is 0 Å². The van der Waals surface area contributed by atoms with E-state index in [9.17, 15) is 0 Å². The van der Waals surface area contributed by atoms with Gasteiger partial charge in [-0.2, -0.15) is 0 Å². The minimum Gasteiger partial charge on any atom is -0.490 e. The summed E-state index contributed by atoms with van der Waals surface area (Å²) in [5, 5.41) is 3.65. The predicted octanol–water partition coefficient (Wildman–Crippen LogP) is 4.57. The minimum absolute atomic E-state index is 0.145. The zero-order valence-corrected chi connectivity index (χ0v) is 14.5. The molecule has 1 rings (SSSR count). The summed E-state index contributed by atoms with van der Waals surface area (Å²) in [6.07, 6.45) is 1.13. The molecule has 0 aliphatic heterocycles. The average Bonchev–Trinajstić information content (AvgIpc) is 2.41. The molecule has 0 aromatic heterocycles. The summed E-state index contributed by atoms with van der Waals surface area (Å²) in [7, 11) is 0. The molecule has 0 aliphatic carbocycles. The Bertz CT molecular complexity index is 424. The second-order valence-electron chi connectivity index (χ2n) is 6.33. The molecule has 1 aromatic carbocycles. The van der Waals surface area contributed by atoms with Gasteiger partial charge >= 0.3 is 0 Å². The number of hydrogen-bond donors (Lipinski definition) is 1. The smallest absolute Gasteiger partial charge is 0.161 e. The Morgan fingerprint density at radius 1 is 1.00 bits per heavy atom. The number of hydrogen-bond acceptors (Lipinski definition) is 3. The molecule has 0 fully saturated rings. The lowest BCUT2D eigenvalue weighted by atomic mass is 9.82. The van der Waals surface area contributed by atoms with Crippen molar-refractivity contribution in [2.75, 3.05) is 19.8 Å². The van der Waals surface area contributed by atoms with Crippen molar-refractivity contribution in [3.05, 3.63) is 23.8 Å². The van der Waals surface area contributed by atoms with Gasteiger partial charge in [-0.1, -0.05) is 33.8 Å². The summed E-state index contributed by atoms with van der Waals surface area (Å²) in [4.78, 5) is 0. The van der Waals surface area contributed by atoms with Gasteiger partial charge in [0.15, 0.2) is 11.5 Å². The Balaban J connectivity index is 3.10. The molecule has 0 saturated carbocycles. The molecule has 1 aromatic rings. The summed E-state index contributed by atoms with van der Waals surface area (Å²) in [5.74, 6) is 1.66. The van der Waals surface area contributed by atoms with Crippen molar-refractivity contribution in [2.24, 2.45) is 5.41 Å². The van der Waals surface area contributed by atoms with Gasteiger partial charge in [0.05, 0.1) is 13.2 Å². The van der Waals surface area contributed by atoms with E-state index in [-0.39, 0.29) is 5.41 Å². The summed E-state index contributed by atoms with van der Waals surface area (Å²) >= 11 is 0. The normalized spacial score (nSPS) is 13.0. The molecule has 0 radical (unpaired) electrons. The number of ether oxygens (including phenoxy) is 2. The van der Waals surface area contributed by atoms with Gasteiger partial charge in [-0.25, -0.2) is 0 Å². The number of rotatable bonds is 8. The molecular formula is C18H31NO2. The van der Waals surface area contributed by atoms with Crippen LogP contribution in [0.4, 0.5) is 0 Å². The fraction of sp³-hybridized carbons (Fsp3) is 0.667. The predicted molar refractivity (Wildman–Crippen MR) is 89.3 cm³/mol. The van der Waals surface area contributed by atoms with Crippen LogP contribution in [0, 0.1) is 5.41 Å². The van der Waals surface area contributed by atoms with E-state index in [1.165, 1.54) is 5.56 Å². The quantitative estimate of drug-likeness (QED) is 0.761. The SMILES string of the molecule is CCCNC(c1ccc(OCC)c(OCC)c1)C(C)(C)C. The summed E-state index contributed by atoms with van der Waals surface area (Å²) < 4.78 is 11.4. The number of nitrogens with one attached hydrogen (secondary N) is 1. The molecule has 21 heavy (non-hydrogen) atoms. The standard InChI is InChI=1S/C18H31NO2/c1-7-12-19-17(18(4,5)6)14-10-11-15(20-8-2)16(13-14)21-9-3/h10-11,13,17,19H,7-9,12H2,1-6H3. The fourth-order valence-corrected chi connectivity index (χ4v) is 2.46. The summed E-state index contributed by atoms with van der Waals surface area (Å²) in [6, 6.07) is 6.59. The van der Waals surface area contributed by atoms with Crippen LogP contribution in [-0.2, 0) is 0 Å². The Morgan fingerprint density at radius 2 is 1.62 bits per heavy atom. The van der Waals surface area contributed by atoms with Crippen LogP contribution in [-0.4, -0.2) is 19.8 Å². The second-order valence-corrected chi connectivity index (χ2v) is 6.33. The second kappa shape index (κ2) is 8.28. The van der Waals surface area contributed by atoms with Crippen molar-refractivity contribution in [1.29, 1.82) is 0 Å². The van der Waals surface area contributed by atoms with Crippen molar-refractivity contribution >= 4 is 0 Å². The maximum atomic E-state index is 5.74. The Kier molecular flexibility index (Phi) is 7.03. The van der Waals surface area contributed by atoms with Crippen LogP contribution in [0.3, 0.4) is 0 Å². The van der Waals surface area contributed by atoms with Crippen LogP contribution in [0.15, 0.2) is 18.2 Å². The van der Waals surface area contributed by atoms with Crippen molar-refractivity contribution in [3.8, 4) is 11.5 Å². The summed E-state index contributed by atoms with van der Waals surface area (Å²) in [6.45, 7) is 15.3. The van der Waals surface area contributed by atoms with Crippen molar-refractivity contribution in [2.45, 2.75) is 54.0 Å². The topological polar surface area (TPSA) is 30.5 Å². The first-order chi connectivity index (χ1) is 9.93. The van der Waals surface area contributed by atoms with E-state index in [2.05, 4.69) is 45.1 Å². The first-order valence-electron chi connectivity index (χ1n) is 8.06. The molecule has 1 N–H and O–H groups in total. The molecule has 1 unspecified atom stereocenters. The van der Waals surface area contributed by atoms with Gasteiger partial charge in [0.1, 0.15) is 0 Å². The highest BCUT2D eigenvalue weighted by Gasteiger charge is 2.26. The molecule has 0 aliphatic rings. The Labute approximate surface area is 130 Å². The van der Waals surface area contributed by atoms with E-state index in [0.717, 1.165) is 24.5 Å². The van der Waals surface area contributed by atoms with E-state index < -0.39 is 0 Å². The number of benzene rings is 1. The van der Waals surface area contributed by atoms with Gasteiger partial charge in [0, 0.05) is 6.04 Å².